The minimum atomic E-state index is -0.859. The molecule has 0 saturated heterocycles. The first-order valence-electron chi connectivity index (χ1n) is 10.8. The third-order valence-corrected chi connectivity index (χ3v) is 4.81. The van der Waals surface area contributed by atoms with Crippen LogP contribution in [0.2, 0.25) is 0 Å². The number of aliphatic hydroxyl groups excluding tert-OH is 1. The molecule has 0 aliphatic carbocycles. The number of unbranched alkanes of at least 4 members (excludes halogenated alkanes) is 5. The number of hydrogen-bond donors (Lipinski definition) is 2. The van der Waals surface area contributed by atoms with Crippen molar-refractivity contribution in [3.05, 3.63) is 41.5 Å². The van der Waals surface area contributed by atoms with Crippen molar-refractivity contribution < 1.29 is 24.5 Å². The Bertz CT molecular complexity index is 638. The van der Waals surface area contributed by atoms with Crippen LogP contribution in [0.1, 0.15) is 95.3 Å². The van der Waals surface area contributed by atoms with Gasteiger partial charge in [-0.3, -0.25) is 9.59 Å². The van der Waals surface area contributed by atoms with Gasteiger partial charge in [-0.2, -0.15) is 0 Å². The summed E-state index contributed by atoms with van der Waals surface area (Å²) in [6.07, 6.45) is 11.6. The smallest absolute Gasteiger partial charge is 0.303 e. The van der Waals surface area contributed by atoms with Crippen LogP contribution in [0.25, 0.3) is 6.08 Å². The summed E-state index contributed by atoms with van der Waals surface area (Å²) in [4.78, 5) is 22.2. The number of carbonyl (C=O) groups is 2. The van der Waals surface area contributed by atoms with Crippen molar-refractivity contribution in [2.24, 2.45) is 0 Å². The SMILES string of the molecule is CCCCCCCC[C@H](O)/C=C/c1cccc([C@H](CCCC(=O)O)OC(C)=O)c1. The summed E-state index contributed by atoms with van der Waals surface area (Å²) in [6.45, 7) is 3.56. The number of aliphatic hydroxyl groups is 1. The number of carboxylic acid groups (broad SMARTS) is 1. The molecular weight excluding hydrogens is 368 g/mol. The molecule has 5 nitrogen and oxygen atoms in total. The zero-order valence-electron chi connectivity index (χ0n) is 17.8. The summed E-state index contributed by atoms with van der Waals surface area (Å²) in [5.74, 6) is -1.25. The highest BCUT2D eigenvalue weighted by Gasteiger charge is 2.15. The van der Waals surface area contributed by atoms with Gasteiger partial charge in [0, 0.05) is 13.3 Å². The normalized spacial score (nSPS) is 13.3. The summed E-state index contributed by atoms with van der Waals surface area (Å²) in [7, 11) is 0. The predicted octanol–water partition coefficient (Wildman–Crippen LogP) is 5.67. The number of aliphatic carboxylic acids is 1. The fraction of sp³-hybridized carbons (Fsp3) is 0.583. The standard InChI is InChI=1S/C24H36O5/c1-3-4-5-6-7-8-13-22(26)17-16-20-11-9-12-21(18-20)23(29-19(2)25)14-10-15-24(27)28/h9,11-12,16-18,22-23,26H,3-8,10,13-15H2,1-2H3,(H,27,28)/b17-16+/t22-,23-/m0/s1. The van der Waals surface area contributed by atoms with Crippen molar-refractivity contribution in [1.29, 1.82) is 0 Å². The predicted molar refractivity (Wildman–Crippen MR) is 115 cm³/mol. The Hall–Kier alpha value is -2.14. The lowest BCUT2D eigenvalue weighted by molar-refractivity contribution is -0.147. The number of rotatable bonds is 15. The number of esters is 1. The molecule has 29 heavy (non-hydrogen) atoms. The summed E-state index contributed by atoms with van der Waals surface area (Å²) in [5, 5.41) is 19.0. The van der Waals surface area contributed by atoms with E-state index in [-0.39, 0.29) is 12.4 Å². The van der Waals surface area contributed by atoms with Crippen LogP contribution in [0.4, 0.5) is 0 Å². The van der Waals surface area contributed by atoms with Crippen LogP contribution in [0, 0.1) is 0 Å². The molecule has 0 aliphatic rings. The van der Waals surface area contributed by atoms with Gasteiger partial charge < -0.3 is 14.9 Å². The average molecular weight is 405 g/mol. The molecule has 0 fully saturated rings. The molecule has 1 aromatic rings. The monoisotopic (exact) mass is 404 g/mol. The van der Waals surface area contributed by atoms with E-state index in [1.165, 1.54) is 32.6 Å². The third kappa shape index (κ3) is 12.1. The first kappa shape index (κ1) is 24.9. The Morgan fingerprint density at radius 3 is 2.48 bits per heavy atom. The minimum Gasteiger partial charge on any atom is -0.481 e. The Morgan fingerprint density at radius 2 is 1.79 bits per heavy atom. The van der Waals surface area contributed by atoms with Crippen LogP contribution in [0.3, 0.4) is 0 Å². The van der Waals surface area contributed by atoms with Crippen molar-refractivity contribution in [1.82, 2.24) is 0 Å². The van der Waals surface area contributed by atoms with Gasteiger partial charge in [0.05, 0.1) is 6.10 Å². The fourth-order valence-electron chi connectivity index (χ4n) is 3.25. The molecule has 2 atom stereocenters. The highest BCUT2D eigenvalue weighted by molar-refractivity contribution is 5.67. The molecule has 1 aromatic carbocycles. The quantitative estimate of drug-likeness (QED) is 0.291. The van der Waals surface area contributed by atoms with Gasteiger partial charge in [0.25, 0.3) is 0 Å². The lowest BCUT2D eigenvalue weighted by Crippen LogP contribution is -2.09. The van der Waals surface area contributed by atoms with Gasteiger partial charge in [-0.25, -0.2) is 0 Å². The summed E-state index contributed by atoms with van der Waals surface area (Å²) >= 11 is 0. The second-order valence-corrected chi connectivity index (χ2v) is 7.54. The number of hydrogen-bond acceptors (Lipinski definition) is 4. The maximum Gasteiger partial charge on any atom is 0.303 e. The van der Waals surface area contributed by atoms with Gasteiger partial charge in [0.2, 0.25) is 0 Å². The maximum absolute atomic E-state index is 11.4. The molecule has 0 saturated carbocycles. The highest BCUT2D eigenvalue weighted by Crippen LogP contribution is 2.25. The fourth-order valence-corrected chi connectivity index (χ4v) is 3.25. The van der Waals surface area contributed by atoms with Crippen molar-refractivity contribution >= 4 is 18.0 Å². The van der Waals surface area contributed by atoms with Gasteiger partial charge in [-0.1, -0.05) is 75.8 Å². The Balaban J connectivity index is 2.60. The van der Waals surface area contributed by atoms with E-state index in [1.807, 2.05) is 30.3 Å². The molecule has 0 heterocycles. The average Bonchev–Trinajstić information content (AvgIpc) is 2.68. The molecular formula is C24H36O5. The van der Waals surface area contributed by atoms with Crippen LogP contribution in [-0.4, -0.2) is 28.3 Å². The molecule has 162 valence electrons. The van der Waals surface area contributed by atoms with Gasteiger partial charge in [0.1, 0.15) is 6.10 Å². The molecule has 2 N–H and O–H groups in total. The van der Waals surface area contributed by atoms with Crippen LogP contribution in [0.15, 0.2) is 30.3 Å². The van der Waals surface area contributed by atoms with Gasteiger partial charge in [0.15, 0.2) is 0 Å². The topological polar surface area (TPSA) is 83.8 Å². The first-order chi connectivity index (χ1) is 13.9. The molecule has 0 aromatic heterocycles. The number of ether oxygens (including phenoxy) is 1. The summed E-state index contributed by atoms with van der Waals surface area (Å²) in [5.41, 5.74) is 1.75. The summed E-state index contributed by atoms with van der Waals surface area (Å²) < 4.78 is 5.39. The molecule has 0 spiro atoms. The van der Waals surface area contributed by atoms with E-state index in [2.05, 4.69) is 6.92 Å². The van der Waals surface area contributed by atoms with Gasteiger partial charge in [-0.05, 0) is 36.5 Å². The van der Waals surface area contributed by atoms with Crippen molar-refractivity contribution in [3.8, 4) is 0 Å². The van der Waals surface area contributed by atoms with Crippen LogP contribution in [-0.2, 0) is 14.3 Å². The highest BCUT2D eigenvalue weighted by atomic mass is 16.5. The van der Waals surface area contributed by atoms with Crippen LogP contribution >= 0.6 is 0 Å². The first-order valence-corrected chi connectivity index (χ1v) is 10.8. The van der Waals surface area contributed by atoms with Gasteiger partial charge in [-0.15, -0.1) is 0 Å². The van der Waals surface area contributed by atoms with E-state index in [0.29, 0.717) is 12.8 Å². The van der Waals surface area contributed by atoms with Gasteiger partial charge >= 0.3 is 11.9 Å². The van der Waals surface area contributed by atoms with E-state index in [9.17, 15) is 14.7 Å². The number of benzene rings is 1. The molecule has 0 radical (unpaired) electrons. The van der Waals surface area contributed by atoms with E-state index < -0.39 is 18.2 Å². The molecule has 1 rings (SSSR count). The minimum absolute atomic E-state index is 0.0436. The number of carbonyl (C=O) groups excluding carboxylic acids is 1. The van der Waals surface area contributed by atoms with Crippen molar-refractivity contribution in [2.75, 3.05) is 0 Å². The second-order valence-electron chi connectivity index (χ2n) is 7.54. The maximum atomic E-state index is 11.4. The van der Waals surface area contributed by atoms with E-state index >= 15 is 0 Å². The lowest BCUT2D eigenvalue weighted by atomic mass is 10.0. The Kier molecular flexibility index (Phi) is 12.7. The van der Waals surface area contributed by atoms with Crippen molar-refractivity contribution in [2.45, 2.75) is 90.3 Å². The molecule has 5 heteroatoms. The lowest BCUT2D eigenvalue weighted by Gasteiger charge is -2.17. The molecule has 0 bridgehead atoms. The summed E-state index contributed by atoms with van der Waals surface area (Å²) in [6, 6.07) is 7.60. The zero-order valence-corrected chi connectivity index (χ0v) is 17.8. The molecule has 0 amide bonds. The zero-order chi connectivity index (χ0) is 21.5. The van der Waals surface area contributed by atoms with Crippen LogP contribution < -0.4 is 0 Å². The number of carboxylic acids is 1. The van der Waals surface area contributed by atoms with E-state index in [1.54, 1.807) is 6.08 Å². The second kappa shape index (κ2) is 14.8. The Morgan fingerprint density at radius 1 is 1.07 bits per heavy atom. The molecule has 0 unspecified atom stereocenters. The van der Waals surface area contributed by atoms with Crippen molar-refractivity contribution in [3.63, 3.8) is 0 Å². The van der Waals surface area contributed by atoms with E-state index in [0.717, 1.165) is 30.4 Å². The van der Waals surface area contributed by atoms with Crippen LogP contribution in [0.5, 0.6) is 0 Å². The largest absolute Gasteiger partial charge is 0.481 e. The molecule has 0 aliphatic heterocycles. The van der Waals surface area contributed by atoms with E-state index in [4.69, 9.17) is 9.84 Å². The Labute approximate surface area is 174 Å². The third-order valence-electron chi connectivity index (χ3n) is 4.81.